The number of benzene rings is 2. The number of carbonyl (C=O) groups is 1. The number of aryl methyl sites for hydroxylation is 2. The first-order chi connectivity index (χ1) is 11.4. The average molecular weight is 361 g/mol. The van der Waals surface area contributed by atoms with Crippen LogP contribution < -0.4 is 5.32 Å². The lowest BCUT2D eigenvalue weighted by Crippen LogP contribution is -2.34. The fourth-order valence-corrected chi connectivity index (χ4v) is 3.24. The predicted octanol–water partition coefficient (Wildman–Crippen LogP) is 4.77. The molecule has 1 saturated heterocycles. The number of carbonyl (C=O) groups excluding carboxylic acids is 1. The van der Waals surface area contributed by atoms with Gasteiger partial charge in [-0.1, -0.05) is 29.3 Å². The zero-order valence-electron chi connectivity index (χ0n) is 13.1. The topological polar surface area (TPSA) is 50.7 Å². The van der Waals surface area contributed by atoms with Gasteiger partial charge in [-0.3, -0.25) is 4.79 Å². The second kappa shape index (κ2) is 5.50. The summed E-state index contributed by atoms with van der Waals surface area (Å²) in [6.07, 6.45) is -0.729. The van der Waals surface area contributed by atoms with Crippen molar-refractivity contribution in [2.45, 2.75) is 26.0 Å². The number of rotatable bonds is 1. The summed E-state index contributed by atoms with van der Waals surface area (Å²) in [5.41, 5.74) is 4.59. The van der Waals surface area contributed by atoms with Crippen LogP contribution in [-0.4, -0.2) is 17.7 Å². The molecule has 0 saturated carbocycles. The number of nitrogens with one attached hydrogen (secondary N) is 1. The zero-order chi connectivity index (χ0) is 17.0. The molecule has 122 valence electrons. The molecule has 4 rings (SSSR count). The molecule has 0 bridgehead atoms. The maximum absolute atomic E-state index is 12.8. The van der Waals surface area contributed by atoms with E-state index >= 15 is 0 Å². The standard InChI is InChI=1S/C18H14Cl2N2O2/c1-8-5-13-14(6-9(8)2)22-18-15(21-13)16(23)17(24-18)10-3-4-11(19)12(20)7-10/h3-7,15,17,21H,1-2H3/t15-,17-/m1/s1. The molecule has 2 heterocycles. The molecule has 2 aromatic carbocycles. The van der Waals surface area contributed by atoms with Gasteiger partial charge in [0.05, 0.1) is 21.4 Å². The van der Waals surface area contributed by atoms with Gasteiger partial charge in [0, 0.05) is 5.56 Å². The minimum atomic E-state index is -0.729. The minimum absolute atomic E-state index is 0.0870. The second-order valence-electron chi connectivity index (χ2n) is 6.05. The highest BCUT2D eigenvalue weighted by atomic mass is 35.5. The van der Waals surface area contributed by atoms with Gasteiger partial charge < -0.3 is 10.1 Å². The lowest BCUT2D eigenvalue weighted by Gasteiger charge is -2.20. The summed E-state index contributed by atoms with van der Waals surface area (Å²) in [4.78, 5) is 17.3. The fraction of sp³-hybridized carbons (Fsp3) is 0.222. The van der Waals surface area contributed by atoms with Crippen LogP contribution in [-0.2, 0) is 9.53 Å². The van der Waals surface area contributed by atoms with Crippen molar-refractivity contribution >= 4 is 46.3 Å². The molecule has 0 radical (unpaired) electrons. The van der Waals surface area contributed by atoms with Gasteiger partial charge >= 0.3 is 0 Å². The molecule has 1 N–H and O–H groups in total. The Morgan fingerprint density at radius 3 is 2.58 bits per heavy atom. The number of fused-ring (bicyclic) bond motifs is 2. The van der Waals surface area contributed by atoms with Crippen LogP contribution in [0.1, 0.15) is 22.8 Å². The van der Waals surface area contributed by atoms with Crippen LogP contribution in [0.15, 0.2) is 35.3 Å². The van der Waals surface area contributed by atoms with E-state index in [0.29, 0.717) is 21.5 Å². The van der Waals surface area contributed by atoms with Crippen LogP contribution in [0.3, 0.4) is 0 Å². The van der Waals surface area contributed by atoms with Crippen LogP contribution in [0.5, 0.6) is 0 Å². The van der Waals surface area contributed by atoms with Crippen LogP contribution in [0.25, 0.3) is 0 Å². The summed E-state index contributed by atoms with van der Waals surface area (Å²) in [5, 5.41) is 4.07. The van der Waals surface area contributed by atoms with Crippen molar-refractivity contribution in [1.82, 2.24) is 0 Å². The number of aliphatic imine (C=N–C) groups is 1. The van der Waals surface area contributed by atoms with Crippen LogP contribution in [0.4, 0.5) is 11.4 Å². The minimum Gasteiger partial charge on any atom is -0.463 e. The summed E-state index contributed by atoms with van der Waals surface area (Å²) < 4.78 is 5.82. The van der Waals surface area contributed by atoms with E-state index in [1.165, 1.54) is 0 Å². The third-order valence-electron chi connectivity index (χ3n) is 4.42. The Labute approximate surface area is 149 Å². The molecule has 0 unspecified atom stereocenters. The van der Waals surface area contributed by atoms with Gasteiger partial charge in [0.15, 0.2) is 12.1 Å². The number of Topliss-reactive ketones (excluding diaryl/α,β-unsaturated/α-hetero) is 1. The van der Waals surface area contributed by atoms with E-state index in [1.807, 2.05) is 26.0 Å². The molecule has 0 amide bonds. The lowest BCUT2D eigenvalue weighted by atomic mass is 10.0. The summed E-state index contributed by atoms with van der Waals surface area (Å²) in [5.74, 6) is 0.308. The monoisotopic (exact) mass is 360 g/mol. The molecular formula is C18H14Cl2N2O2. The molecule has 2 atom stereocenters. The van der Waals surface area contributed by atoms with Crippen molar-refractivity contribution in [2.24, 2.45) is 4.99 Å². The highest BCUT2D eigenvalue weighted by Gasteiger charge is 2.44. The zero-order valence-corrected chi connectivity index (χ0v) is 14.6. The van der Waals surface area contributed by atoms with Crippen LogP contribution >= 0.6 is 23.2 Å². The number of hydrogen-bond acceptors (Lipinski definition) is 4. The first kappa shape index (κ1) is 15.5. The largest absolute Gasteiger partial charge is 0.463 e. The summed E-state index contributed by atoms with van der Waals surface area (Å²) in [6, 6.07) is 8.49. The Bertz CT molecular complexity index is 908. The number of ether oxygens (including phenoxy) is 1. The molecular weight excluding hydrogens is 347 g/mol. The molecule has 24 heavy (non-hydrogen) atoms. The fourth-order valence-electron chi connectivity index (χ4n) is 2.93. The molecule has 2 aliphatic rings. The first-order valence-electron chi connectivity index (χ1n) is 7.56. The van der Waals surface area contributed by atoms with Gasteiger partial charge in [0.1, 0.15) is 0 Å². The molecule has 0 aliphatic carbocycles. The van der Waals surface area contributed by atoms with Crippen molar-refractivity contribution in [3.63, 3.8) is 0 Å². The summed E-state index contributed by atoms with van der Waals surface area (Å²) in [6.45, 7) is 4.06. The molecule has 2 aliphatic heterocycles. The molecule has 2 aromatic rings. The van der Waals surface area contributed by atoms with E-state index in [1.54, 1.807) is 18.2 Å². The maximum atomic E-state index is 12.8. The normalized spacial score (nSPS) is 21.5. The number of anilines is 1. The van der Waals surface area contributed by atoms with E-state index in [-0.39, 0.29) is 5.78 Å². The number of halogens is 2. The van der Waals surface area contributed by atoms with Gasteiger partial charge in [-0.2, -0.15) is 0 Å². The molecule has 0 spiro atoms. The Morgan fingerprint density at radius 1 is 1.08 bits per heavy atom. The van der Waals surface area contributed by atoms with Crippen LogP contribution in [0, 0.1) is 13.8 Å². The molecule has 4 nitrogen and oxygen atoms in total. The number of hydrogen-bond donors (Lipinski definition) is 1. The lowest BCUT2D eigenvalue weighted by molar-refractivity contribution is -0.122. The van der Waals surface area contributed by atoms with E-state index in [4.69, 9.17) is 27.9 Å². The Balaban J connectivity index is 1.71. The van der Waals surface area contributed by atoms with E-state index < -0.39 is 12.1 Å². The van der Waals surface area contributed by atoms with Gasteiger partial charge in [-0.15, -0.1) is 0 Å². The first-order valence-corrected chi connectivity index (χ1v) is 8.31. The van der Waals surface area contributed by atoms with Crippen molar-refractivity contribution in [1.29, 1.82) is 0 Å². The maximum Gasteiger partial charge on any atom is 0.220 e. The average Bonchev–Trinajstić information content (AvgIpc) is 2.86. The Kier molecular flexibility index (Phi) is 3.55. The van der Waals surface area contributed by atoms with E-state index in [2.05, 4.69) is 10.3 Å². The second-order valence-corrected chi connectivity index (χ2v) is 6.87. The van der Waals surface area contributed by atoms with E-state index in [9.17, 15) is 4.79 Å². The van der Waals surface area contributed by atoms with Gasteiger partial charge in [-0.25, -0.2) is 4.99 Å². The van der Waals surface area contributed by atoms with Crippen molar-refractivity contribution in [3.05, 3.63) is 57.1 Å². The quantitative estimate of drug-likeness (QED) is 0.796. The highest BCUT2D eigenvalue weighted by Crippen LogP contribution is 2.39. The van der Waals surface area contributed by atoms with Crippen molar-refractivity contribution in [3.8, 4) is 0 Å². The SMILES string of the molecule is Cc1cc2c(cc1C)N[C@@H]1C(=O)[C@@H](c3ccc(Cl)c(Cl)c3)OC1=N2. The Hall–Kier alpha value is -2.04. The summed E-state index contributed by atoms with van der Waals surface area (Å²) >= 11 is 12.0. The van der Waals surface area contributed by atoms with Gasteiger partial charge in [-0.05, 0) is 49.2 Å². The number of nitrogens with zero attached hydrogens (tertiary/aromatic N) is 1. The van der Waals surface area contributed by atoms with Crippen LogP contribution in [0.2, 0.25) is 10.0 Å². The van der Waals surface area contributed by atoms with Crippen molar-refractivity contribution in [2.75, 3.05) is 5.32 Å². The third-order valence-corrected chi connectivity index (χ3v) is 5.16. The summed E-state index contributed by atoms with van der Waals surface area (Å²) in [7, 11) is 0. The third kappa shape index (κ3) is 2.38. The Morgan fingerprint density at radius 2 is 1.83 bits per heavy atom. The number of ketones is 1. The van der Waals surface area contributed by atoms with Crippen molar-refractivity contribution < 1.29 is 9.53 Å². The van der Waals surface area contributed by atoms with E-state index in [0.717, 1.165) is 22.5 Å². The van der Waals surface area contributed by atoms with Gasteiger partial charge in [0.25, 0.3) is 0 Å². The molecule has 1 fully saturated rings. The smallest absolute Gasteiger partial charge is 0.220 e. The van der Waals surface area contributed by atoms with Gasteiger partial charge in [0.2, 0.25) is 11.7 Å². The highest BCUT2D eigenvalue weighted by molar-refractivity contribution is 6.42. The predicted molar refractivity (Wildman–Crippen MR) is 95.7 cm³/mol. The molecule has 0 aromatic heterocycles. The molecule has 6 heteroatoms.